The van der Waals surface area contributed by atoms with Gasteiger partial charge in [-0.15, -0.1) is 0 Å². The van der Waals surface area contributed by atoms with Crippen molar-refractivity contribution in [3.63, 3.8) is 0 Å². The minimum Gasteiger partial charge on any atom is -0.244 e. The molecule has 3 nitrogen and oxygen atoms in total. The molecule has 3 heteroatoms. The lowest BCUT2D eigenvalue weighted by molar-refractivity contribution is 1.11. The molecule has 3 aromatic rings. The van der Waals surface area contributed by atoms with Gasteiger partial charge in [0.1, 0.15) is 5.69 Å². The van der Waals surface area contributed by atoms with Crippen molar-refractivity contribution >= 4 is 11.6 Å². The number of hydrogen-bond acceptors (Lipinski definition) is 3. The first-order chi connectivity index (χ1) is 11.6. The molecule has 24 heavy (non-hydrogen) atoms. The van der Waals surface area contributed by atoms with Gasteiger partial charge in [0.2, 0.25) is 0 Å². The monoisotopic (exact) mass is 313 g/mol. The maximum atomic E-state index is 4.79. The number of pyridine rings is 1. The van der Waals surface area contributed by atoms with E-state index >= 15 is 0 Å². The van der Waals surface area contributed by atoms with Gasteiger partial charge in [-0.25, -0.2) is 15.0 Å². The Morgan fingerprint density at radius 2 is 1.79 bits per heavy atom. The molecule has 0 amide bonds. The van der Waals surface area contributed by atoms with E-state index in [4.69, 9.17) is 4.98 Å². The normalized spacial score (nSPS) is 10.4. The third-order valence-electron chi connectivity index (χ3n) is 3.81. The van der Waals surface area contributed by atoms with Crippen molar-refractivity contribution in [3.05, 3.63) is 78.6 Å². The molecule has 0 spiro atoms. The highest BCUT2D eigenvalue weighted by molar-refractivity contribution is 5.71. The Morgan fingerprint density at radius 3 is 2.46 bits per heavy atom. The van der Waals surface area contributed by atoms with Crippen LogP contribution in [0.15, 0.2) is 61.8 Å². The van der Waals surface area contributed by atoms with Crippen LogP contribution in [-0.4, -0.2) is 15.0 Å². The van der Waals surface area contributed by atoms with Crippen molar-refractivity contribution in [1.82, 2.24) is 15.0 Å². The lowest BCUT2D eigenvalue weighted by atomic mass is 10.1. The van der Waals surface area contributed by atoms with Gasteiger partial charge in [-0.3, -0.25) is 0 Å². The van der Waals surface area contributed by atoms with Crippen LogP contribution in [0.4, 0.5) is 0 Å². The second-order valence-electron chi connectivity index (χ2n) is 5.71. The lowest BCUT2D eigenvalue weighted by Crippen LogP contribution is -1.99. The standard InChI is InChI=1S/C21H19N3/c1-5-16-13-22-21(24-19(16)14(2)3)18-12-11-15(4)20(23-18)17-9-7-6-8-10-17/h5-13H,1-2H2,3-4H3. The zero-order valence-corrected chi connectivity index (χ0v) is 14.0. The molecule has 3 rings (SSSR count). The van der Waals surface area contributed by atoms with Crippen LogP contribution in [0.3, 0.4) is 0 Å². The van der Waals surface area contributed by atoms with Crippen LogP contribution in [0.1, 0.15) is 23.7 Å². The quantitative estimate of drug-likeness (QED) is 0.665. The Morgan fingerprint density at radius 1 is 1.04 bits per heavy atom. The summed E-state index contributed by atoms with van der Waals surface area (Å²) in [4.78, 5) is 13.9. The van der Waals surface area contributed by atoms with Gasteiger partial charge in [-0.1, -0.05) is 55.6 Å². The first kappa shape index (κ1) is 15.8. The van der Waals surface area contributed by atoms with E-state index in [2.05, 4.69) is 48.2 Å². The summed E-state index contributed by atoms with van der Waals surface area (Å²) in [7, 11) is 0. The van der Waals surface area contributed by atoms with E-state index in [1.807, 2.05) is 31.2 Å². The second-order valence-corrected chi connectivity index (χ2v) is 5.71. The second kappa shape index (κ2) is 6.59. The minimum atomic E-state index is 0.593. The molecule has 0 bridgehead atoms. The molecule has 0 aliphatic carbocycles. The fourth-order valence-electron chi connectivity index (χ4n) is 2.55. The Hall–Kier alpha value is -3.07. The number of aromatic nitrogens is 3. The Kier molecular flexibility index (Phi) is 4.34. The summed E-state index contributed by atoms with van der Waals surface area (Å²) < 4.78 is 0. The Balaban J connectivity index is 2.13. The number of allylic oxidation sites excluding steroid dienone is 1. The first-order valence-corrected chi connectivity index (χ1v) is 7.79. The molecule has 0 aliphatic heterocycles. The molecule has 1 aromatic carbocycles. The highest BCUT2D eigenvalue weighted by Crippen LogP contribution is 2.25. The molecule has 0 atom stereocenters. The maximum Gasteiger partial charge on any atom is 0.178 e. The van der Waals surface area contributed by atoms with E-state index in [0.717, 1.165) is 39.3 Å². The molecule has 0 unspecified atom stereocenters. The average Bonchev–Trinajstić information content (AvgIpc) is 2.62. The number of benzene rings is 1. The van der Waals surface area contributed by atoms with Crippen LogP contribution >= 0.6 is 0 Å². The fourth-order valence-corrected chi connectivity index (χ4v) is 2.55. The molecule has 0 fully saturated rings. The van der Waals surface area contributed by atoms with E-state index in [1.54, 1.807) is 12.3 Å². The van der Waals surface area contributed by atoms with Crippen LogP contribution in [0.2, 0.25) is 0 Å². The minimum absolute atomic E-state index is 0.593. The number of aryl methyl sites for hydroxylation is 1. The Labute approximate surface area is 142 Å². The summed E-state index contributed by atoms with van der Waals surface area (Å²) in [6.07, 6.45) is 3.51. The predicted octanol–water partition coefficient (Wildman–Crippen LogP) is 5.19. The van der Waals surface area contributed by atoms with Crippen LogP contribution in [0, 0.1) is 6.92 Å². The van der Waals surface area contributed by atoms with E-state index in [0.29, 0.717) is 5.82 Å². The first-order valence-electron chi connectivity index (χ1n) is 7.79. The SMILES string of the molecule is C=Cc1cnc(-c2ccc(C)c(-c3ccccc3)n2)nc1C(=C)C. The van der Waals surface area contributed by atoms with Crippen LogP contribution in [0.5, 0.6) is 0 Å². The van der Waals surface area contributed by atoms with E-state index < -0.39 is 0 Å². The third-order valence-corrected chi connectivity index (χ3v) is 3.81. The number of nitrogens with zero attached hydrogens (tertiary/aromatic N) is 3. The van der Waals surface area contributed by atoms with Crippen molar-refractivity contribution < 1.29 is 0 Å². The van der Waals surface area contributed by atoms with Crippen molar-refractivity contribution in [2.45, 2.75) is 13.8 Å². The summed E-state index contributed by atoms with van der Waals surface area (Å²) in [6.45, 7) is 11.8. The Bertz CT molecular complexity index is 912. The summed E-state index contributed by atoms with van der Waals surface area (Å²) >= 11 is 0. The fraction of sp³-hybridized carbons (Fsp3) is 0.0952. The van der Waals surface area contributed by atoms with Gasteiger partial charge in [-0.05, 0) is 31.1 Å². The van der Waals surface area contributed by atoms with Gasteiger partial charge in [-0.2, -0.15) is 0 Å². The zero-order chi connectivity index (χ0) is 17.1. The van der Waals surface area contributed by atoms with Crippen LogP contribution in [0.25, 0.3) is 34.4 Å². The molecule has 118 valence electrons. The van der Waals surface area contributed by atoms with Gasteiger partial charge < -0.3 is 0 Å². The molecule has 0 saturated carbocycles. The molecule has 2 heterocycles. The molecule has 0 saturated heterocycles. The van der Waals surface area contributed by atoms with E-state index in [1.165, 1.54) is 0 Å². The molecule has 0 radical (unpaired) electrons. The molecular formula is C21H19N3. The van der Waals surface area contributed by atoms with Gasteiger partial charge in [0, 0.05) is 17.3 Å². The summed E-state index contributed by atoms with van der Waals surface area (Å²) in [6, 6.07) is 14.1. The predicted molar refractivity (Wildman–Crippen MR) is 100 cm³/mol. The maximum absolute atomic E-state index is 4.79. The summed E-state index contributed by atoms with van der Waals surface area (Å²) in [5.74, 6) is 0.593. The zero-order valence-electron chi connectivity index (χ0n) is 14.0. The van der Waals surface area contributed by atoms with E-state index in [9.17, 15) is 0 Å². The lowest BCUT2D eigenvalue weighted by Gasteiger charge is -2.10. The number of hydrogen-bond donors (Lipinski definition) is 0. The third kappa shape index (κ3) is 3.01. The van der Waals surface area contributed by atoms with Gasteiger partial charge >= 0.3 is 0 Å². The van der Waals surface area contributed by atoms with Gasteiger partial charge in [0.05, 0.1) is 11.4 Å². The summed E-state index contributed by atoms with van der Waals surface area (Å²) in [5, 5.41) is 0. The topological polar surface area (TPSA) is 38.7 Å². The van der Waals surface area contributed by atoms with Crippen LogP contribution < -0.4 is 0 Å². The van der Waals surface area contributed by atoms with Crippen molar-refractivity contribution in [2.75, 3.05) is 0 Å². The summed E-state index contributed by atoms with van der Waals surface area (Å²) in [5.41, 5.74) is 6.45. The molecule has 2 aromatic heterocycles. The van der Waals surface area contributed by atoms with Crippen molar-refractivity contribution in [1.29, 1.82) is 0 Å². The van der Waals surface area contributed by atoms with Gasteiger partial charge in [0.25, 0.3) is 0 Å². The van der Waals surface area contributed by atoms with E-state index in [-0.39, 0.29) is 0 Å². The smallest absolute Gasteiger partial charge is 0.178 e. The van der Waals surface area contributed by atoms with Crippen molar-refractivity contribution in [2.24, 2.45) is 0 Å². The molecule has 0 N–H and O–H groups in total. The average molecular weight is 313 g/mol. The highest BCUT2D eigenvalue weighted by atomic mass is 14.9. The number of rotatable bonds is 4. The highest BCUT2D eigenvalue weighted by Gasteiger charge is 2.11. The van der Waals surface area contributed by atoms with Crippen LogP contribution in [-0.2, 0) is 0 Å². The largest absolute Gasteiger partial charge is 0.244 e. The van der Waals surface area contributed by atoms with Gasteiger partial charge in [0.15, 0.2) is 5.82 Å². The molecular weight excluding hydrogens is 294 g/mol. The van der Waals surface area contributed by atoms with Crippen molar-refractivity contribution in [3.8, 4) is 22.8 Å². The molecule has 0 aliphatic rings.